The van der Waals surface area contributed by atoms with Gasteiger partial charge in [-0.1, -0.05) is 33.8 Å². The van der Waals surface area contributed by atoms with Crippen LogP contribution in [0.15, 0.2) is 44.4 Å². The summed E-state index contributed by atoms with van der Waals surface area (Å²) in [6.45, 7) is 7.40. The van der Waals surface area contributed by atoms with E-state index < -0.39 is 5.41 Å². The Morgan fingerprint density at radius 2 is 1.85 bits per heavy atom. The fraction of sp³-hybridized carbons (Fsp3) is 0.346. The van der Waals surface area contributed by atoms with Crippen LogP contribution in [0.5, 0.6) is 0 Å². The standard InChI is InChI=1S/C26H27NO5S/c1-5-15-23(30)22-18(28)12-19(32-25(22)26(7-3,8-4)24(15)31)17-13-33-20-11-14(9-10-16(17)20)27-21(29)6-2/h9-13,30H,5-8H2,1-4H3,(H,27,29). The normalized spacial score (nSPS) is 15.1. The molecular formula is C26H27NO5S. The number of allylic oxidation sites excluding steroid dienone is 1. The Morgan fingerprint density at radius 3 is 2.48 bits per heavy atom. The van der Waals surface area contributed by atoms with Gasteiger partial charge in [-0.15, -0.1) is 11.3 Å². The molecule has 0 saturated heterocycles. The van der Waals surface area contributed by atoms with Gasteiger partial charge >= 0.3 is 0 Å². The molecular weight excluding hydrogens is 438 g/mol. The number of carbonyl (C=O) groups is 2. The van der Waals surface area contributed by atoms with Crippen molar-refractivity contribution in [3.8, 4) is 11.3 Å². The molecule has 0 atom stereocenters. The zero-order chi connectivity index (χ0) is 23.9. The van der Waals surface area contributed by atoms with Crippen LogP contribution in [0.4, 0.5) is 5.69 Å². The first kappa shape index (κ1) is 23.0. The zero-order valence-electron chi connectivity index (χ0n) is 19.2. The maximum atomic E-state index is 13.4. The summed E-state index contributed by atoms with van der Waals surface area (Å²) in [6, 6.07) is 6.98. The van der Waals surface area contributed by atoms with Gasteiger partial charge in [0.2, 0.25) is 5.91 Å². The highest BCUT2D eigenvalue weighted by Gasteiger charge is 2.48. The number of amides is 1. The largest absolute Gasteiger partial charge is 0.507 e. The minimum Gasteiger partial charge on any atom is -0.507 e. The Balaban J connectivity index is 1.91. The monoisotopic (exact) mass is 465 g/mol. The molecule has 6 nitrogen and oxygen atoms in total. The molecule has 172 valence electrons. The second-order valence-electron chi connectivity index (χ2n) is 8.24. The number of hydrogen-bond acceptors (Lipinski definition) is 6. The minimum atomic E-state index is -0.981. The lowest BCUT2D eigenvalue weighted by Crippen LogP contribution is -2.41. The summed E-state index contributed by atoms with van der Waals surface area (Å²) in [5.74, 6) is 0.114. The number of ketones is 1. The first-order chi connectivity index (χ1) is 15.8. The van der Waals surface area contributed by atoms with Gasteiger partial charge in [-0.2, -0.15) is 0 Å². The summed E-state index contributed by atoms with van der Waals surface area (Å²) in [5, 5.41) is 16.4. The second-order valence-corrected chi connectivity index (χ2v) is 9.15. The lowest BCUT2D eigenvalue weighted by atomic mass is 9.68. The van der Waals surface area contributed by atoms with Crippen LogP contribution < -0.4 is 10.7 Å². The molecule has 0 saturated carbocycles. The van der Waals surface area contributed by atoms with E-state index in [1.165, 1.54) is 17.4 Å². The van der Waals surface area contributed by atoms with Gasteiger partial charge in [0.1, 0.15) is 22.8 Å². The predicted octanol–water partition coefficient (Wildman–Crippen LogP) is 6.19. The number of rotatable bonds is 6. The molecule has 2 N–H and O–H groups in total. The van der Waals surface area contributed by atoms with Crippen molar-refractivity contribution >= 4 is 44.6 Å². The highest BCUT2D eigenvalue weighted by Crippen LogP contribution is 2.45. The van der Waals surface area contributed by atoms with Crippen molar-refractivity contribution in [3.05, 3.63) is 56.8 Å². The van der Waals surface area contributed by atoms with Gasteiger partial charge in [0.15, 0.2) is 11.2 Å². The summed E-state index contributed by atoms with van der Waals surface area (Å²) in [4.78, 5) is 38.3. The smallest absolute Gasteiger partial charge is 0.224 e. The van der Waals surface area contributed by atoms with Crippen LogP contribution in [0.1, 0.15) is 64.7 Å². The number of anilines is 1. The quantitative estimate of drug-likeness (QED) is 0.452. The van der Waals surface area contributed by atoms with Crippen molar-refractivity contribution < 1.29 is 19.1 Å². The number of benzene rings is 1. The first-order valence-electron chi connectivity index (χ1n) is 11.3. The molecule has 7 heteroatoms. The number of thiophene rings is 1. The van der Waals surface area contributed by atoms with Crippen molar-refractivity contribution in [1.82, 2.24) is 0 Å². The SMILES string of the molecule is CCC(=O)Nc1ccc2c(-c3cc(=O)c4c(o3)C(CC)(CC)C(=O)C(CC)=C4O)csc2c1. The van der Waals surface area contributed by atoms with E-state index in [1.54, 1.807) is 13.8 Å². The van der Waals surface area contributed by atoms with Gasteiger partial charge in [-0.25, -0.2) is 0 Å². The molecule has 0 spiro atoms. The summed E-state index contributed by atoms with van der Waals surface area (Å²) < 4.78 is 7.23. The third-order valence-corrected chi connectivity index (χ3v) is 7.57. The van der Waals surface area contributed by atoms with Gasteiger partial charge in [0.25, 0.3) is 0 Å². The molecule has 3 aromatic rings. The lowest BCUT2D eigenvalue weighted by Gasteiger charge is -2.35. The molecule has 33 heavy (non-hydrogen) atoms. The van der Waals surface area contributed by atoms with E-state index in [0.29, 0.717) is 37.1 Å². The number of fused-ring (bicyclic) bond motifs is 2. The Hall–Kier alpha value is -3.19. The molecule has 0 aliphatic heterocycles. The number of aliphatic hydroxyl groups excluding tert-OH is 1. The van der Waals surface area contributed by atoms with E-state index in [1.807, 2.05) is 37.4 Å². The molecule has 2 heterocycles. The molecule has 1 aromatic carbocycles. The van der Waals surface area contributed by atoms with Crippen LogP contribution in [-0.2, 0) is 15.0 Å². The maximum absolute atomic E-state index is 13.4. The Labute approximate surface area is 195 Å². The van der Waals surface area contributed by atoms with Gasteiger partial charge in [0, 0.05) is 44.8 Å². The topological polar surface area (TPSA) is 96.6 Å². The van der Waals surface area contributed by atoms with E-state index in [0.717, 1.165) is 15.6 Å². The third kappa shape index (κ3) is 3.51. The molecule has 1 amide bonds. The molecule has 1 aliphatic rings. The zero-order valence-corrected chi connectivity index (χ0v) is 20.0. The van der Waals surface area contributed by atoms with Gasteiger partial charge < -0.3 is 14.8 Å². The summed E-state index contributed by atoms with van der Waals surface area (Å²) in [5.41, 5.74) is 0.488. The minimum absolute atomic E-state index is 0.0636. The molecule has 1 aliphatic carbocycles. The van der Waals surface area contributed by atoms with Crippen LogP contribution >= 0.6 is 11.3 Å². The van der Waals surface area contributed by atoms with Crippen LogP contribution in [0.3, 0.4) is 0 Å². The van der Waals surface area contributed by atoms with Crippen LogP contribution in [-0.4, -0.2) is 16.8 Å². The van der Waals surface area contributed by atoms with E-state index in [-0.39, 0.29) is 39.8 Å². The predicted molar refractivity (Wildman–Crippen MR) is 132 cm³/mol. The van der Waals surface area contributed by atoms with Crippen molar-refractivity contribution in [2.24, 2.45) is 0 Å². The van der Waals surface area contributed by atoms with Crippen molar-refractivity contribution in [2.45, 2.75) is 58.8 Å². The van der Waals surface area contributed by atoms with Gasteiger partial charge in [-0.05, 0) is 31.4 Å². The molecule has 2 aromatic heterocycles. The van der Waals surface area contributed by atoms with E-state index in [2.05, 4.69) is 5.32 Å². The van der Waals surface area contributed by atoms with E-state index >= 15 is 0 Å². The number of carbonyl (C=O) groups excluding carboxylic acids is 2. The highest BCUT2D eigenvalue weighted by atomic mass is 32.1. The lowest BCUT2D eigenvalue weighted by molar-refractivity contribution is -0.122. The van der Waals surface area contributed by atoms with Crippen LogP contribution in [0, 0.1) is 0 Å². The number of aliphatic hydroxyl groups is 1. The number of Topliss-reactive ketones (excluding diaryl/α,β-unsaturated/α-hetero) is 1. The average Bonchev–Trinajstić information content (AvgIpc) is 3.23. The number of nitrogens with one attached hydrogen (secondary N) is 1. The maximum Gasteiger partial charge on any atom is 0.224 e. The third-order valence-electron chi connectivity index (χ3n) is 6.62. The van der Waals surface area contributed by atoms with Crippen molar-refractivity contribution in [2.75, 3.05) is 5.32 Å². The summed E-state index contributed by atoms with van der Waals surface area (Å²) in [6.07, 6.45) is 1.66. The Morgan fingerprint density at radius 1 is 1.12 bits per heavy atom. The van der Waals surface area contributed by atoms with Gasteiger partial charge in [-0.3, -0.25) is 14.4 Å². The van der Waals surface area contributed by atoms with Crippen LogP contribution in [0.2, 0.25) is 0 Å². The molecule has 0 bridgehead atoms. The number of hydrogen-bond donors (Lipinski definition) is 2. The summed E-state index contributed by atoms with van der Waals surface area (Å²) >= 11 is 1.48. The van der Waals surface area contributed by atoms with Gasteiger partial charge in [0.05, 0.1) is 5.41 Å². The van der Waals surface area contributed by atoms with Crippen LogP contribution in [0.25, 0.3) is 27.2 Å². The van der Waals surface area contributed by atoms with Crippen molar-refractivity contribution in [3.63, 3.8) is 0 Å². The fourth-order valence-corrected chi connectivity index (χ4v) is 5.59. The Kier molecular flexibility index (Phi) is 6.01. The summed E-state index contributed by atoms with van der Waals surface area (Å²) in [7, 11) is 0. The molecule has 4 rings (SSSR count). The van der Waals surface area contributed by atoms with E-state index in [4.69, 9.17) is 4.42 Å². The first-order valence-corrected chi connectivity index (χ1v) is 12.2. The fourth-order valence-electron chi connectivity index (χ4n) is 4.60. The average molecular weight is 466 g/mol. The molecule has 0 radical (unpaired) electrons. The highest BCUT2D eigenvalue weighted by molar-refractivity contribution is 7.17. The molecule has 0 unspecified atom stereocenters. The second kappa shape index (κ2) is 8.63. The Bertz CT molecular complexity index is 1360. The molecule has 0 fully saturated rings. The van der Waals surface area contributed by atoms with E-state index in [9.17, 15) is 19.5 Å². The van der Waals surface area contributed by atoms with Crippen molar-refractivity contribution in [1.29, 1.82) is 0 Å².